The van der Waals surface area contributed by atoms with E-state index in [2.05, 4.69) is 15.1 Å². The van der Waals surface area contributed by atoms with Gasteiger partial charge >= 0.3 is 5.91 Å². The van der Waals surface area contributed by atoms with E-state index in [1.807, 2.05) is 50.2 Å². The zero-order valence-corrected chi connectivity index (χ0v) is 22.9. The van der Waals surface area contributed by atoms with E-state index < -0.39 is 10.8 Å². The van der Waals surface area contributed by atoms with Crippen LogP contribution in [-0.2, 0) is 6.61 Å². The van der Waals surface area contributed by atoms with E-state index in [1.54, 1.807) is 18.3 Å². The van der Waals surface area contributed by atoms with E-state index in [4.69, 9.17) is 32.4 Å². The van der Waals surface area contributed by atoms with Crippen LogP contribution in [0.4, 0.5) is 5.69 Å². The van der Waals surface area contributed by atoms with Gasteiger partial charge < -0.3 is 13.7 Å². The number of rotatable bonds is 8. The number of nitro benzene ring substituents is 1. The molecule has 1 N–H and O–H groups in total. The molecule has 2 heterocycles. The fraction of sp³-hybridized carbons (Fsp3) is 0.103. The Morgan fingerprint density at radius 1 is 1.07 bits per heavy atom. The average molecular weight is 577 g/mol. The van der Waals surface area contributed by atoms with E-state index >= 15 is 0 Å². The van der Waals surface area contributed by atoms with Gasteiger partial charge in [0, 0.05) is 55.8 Å². The molecule has 0 radical (unpaired) electrons. The number of amides is 1. The standard InChI is InChI=1S/C29H22Cl2N4O5/c1-17-11-21(15-32-33-29(36)28-13-20-12-24(35(37)38)7-10-27(20)40-28)18(2)34(17)23-5-8-25(9-6-23)39-16-19-3-4-22(30)14-26(19)31/h3-15H,16H2,1-2H3,(H,33,36)/b32-15-. The van der Waals surface area contributed by atoms with Crippen LogP contribution in [0, 0.1) is 24.0 Å². The second-order valence-electron chi connectivity index (χ2n) is 8.97. The van der Waals surface area contributed by atoms with Gasteiger partial charge in [-0.2, -0.15) is 5.10 Å². The predicted molar refractivity (Wildman–Crippen MR) is 154 cm³/mol. The highest BCUT2D eigenvalue weighted by molar-refractivity contribution is 6.35. The zero-order valence-electron chi connectivity index (χ0n) is 21.4. The van der Waals surface area contributed by atoms with Crippen molar-refractivity contribution in [1.29, 1.82) is 0 Å². The summed E-state index contributed by atoms with van der Waals surface area (Å²) in [6.45, 7) is 4.25. The van der Waals surface area contributed by atoms with Crippen LogP contribution >= 0.6 is 23.2 Å². The number of hydrogen-bond donors (Lipinski definition) is 1. The molecule has 5 rings (SSSR count). The van der Waals surface area contributed by atoms with Crippen LogP contribution in [0.5, 0.6) is 5.75 Å². The number of aryl methyl sites for hydroxylation is 1. The molecular formula is C29H22Cl2N4O5. The molecule has 0 aliphatic carbocycles. The number of non-ortho nitro benzene ring substituents is 1. The van der Waals surface area contributed by atoms with Gasteiger partial charge in [0.1, 0.15) is 17.9 Å². The number of nitrogens with zero attached hydrogens (tertiary/aromatic N) is 3. The van der Waals surface area contributed by atoms with Gasteiger partial charge in [0.25, 0.3) is 5.69 Å². The van der Waals surface area contributed by atoms with Crippen molar-refractivity contribution in [2.75, 3.05) is 0 Å². The number of ether oxygens (including phenoxy) is 1. The summed E-state index contributed by atoms with van der Waals surface area (Å²) in [5, 5.41) is 16.6. The van der Waals surface area contributed by atoms with Crippen LogP contribution in [0.1, 0.15) is 33.1 Å². The quantitative estimate of drug-likeness (QED) is 0.117. The van der Waals surface area contributed by atoms with Gasteiger partial charge in [-0.1, -0.05) is 29.3 Å². The highest BCUT2D eigenvalue weighted by Gasteiger charge is 2.15. The maximum Gasteiger partial charge on any atom is 0.307 e. The van der Waals surface area contributed by atoms with E-state index in [9.17, 15) is 14.9 Å². The van der Waals surface area contributed by atoms with Crippen LogP contribution in [0.25, 0.3) is 16.7 Å². The lowest BCUT2D eigenvalue weighted by Gasteiger charge is -2.12. The molecule has 0 saturated heterocycles. The molecular weight excluding hydrogens is 555 g/mol. The molecule has 0 spiro atoms. The summed E-state index contributed by atoms with van der Waals surface area (Å²) >= 11 is 12.2. The Morgan fingerprint density at radius 3 is 2.58 bits per heavy atom. The number of hydrogen-bond acceptors (Lipinski definition) is 6. The van der Waals surface area contributed by atoms with Crippen LogP contribution < -0.4 is 10.2 Å². The third kappa shape index (κ3) is 5.70. The molecule has 0 unspecified atom stereocenters. The van der Waals surface area contributed by atoms with Crippen molar-refractivity contribution in [1.82, 2.24) is 9.99 Å². The maximum atomic E-state index is 12.5. The second kappa shape index (κ2) is 11.3. The van der Waals surface area contributed by atoms with E-state index in [0.29, 0.717) is 33.4 Å². The summed E-state index contributed by atoms with van der Waals surface area (Å²) in [6, 6.07) is 20.5. The molecule has 11 heteroatoms. The summed E-state index contributed by atoms with van der Waals surface area (Å²) in [4.78, 5) is 23.0. The van der Waals surface area contributed by atoms with Crippen molar-refractivity contribution >= 4 is 52.0 Å². The Hall–Kier alpha value is -4.60. The molecule has 0 bridgehead atoms. The summed E-state index contributed by atoms with van der Waals surface area (Å²) in [5.74, 6) is 0.125. The average Bonchev–Trinajstić information content (AvgIpc) is 3.48. The molecule has 0 fully saturated rings. The first-order valence-electron chi connectivity index (χ1n) is 12.1. The van der Waals surface area contributed by atoms with Crippen molar-refractivity contribution in [3.05, 3.63) is 121 Å². The Balaban J connectivity index is 1.25. The topological polar surface area (TPSA) is 112 Å². The van der Waals surface area contributed by atoms with Gasteiger partial charge in [0.05, 0.1) is 11.1 Å². The largest absolute Gasteiger partial charge is 0.489 e. The van der Waals surface area contributed by atoms with Gasteiger partial charge in [-0.25, -0.2) is 5.43 Å². The zero-order chi connectivity index (χ0) is 28.4. The molecule has 1 amide bonds. The van der Waals surface area contributed by atoms with E-state index in [-0.39, 0.29) is 11.4 Å². The lowest BCUT2D eigenvalue weighted by Crippen LogP contribution is -2.16. The third-order valence-electron chi connectivity index (χ3n) is 6.28. The maximum absolute atomic E-state index is 12.5. The number of nitro groups is 1. The predicted octanol–water partition coefficient (Wildman–Crippen LogP) is 7.40. The van der Waals surface area contributed by atoms with Gasteiger partial charge in [-0.15, -0.1) is 0 Å². The van der Waals surface area contributed by atoms with Crippen molar-refractivity contribution in [2.24, 2.45) is 5.10 Å². The van der Waals surface area contributed by atoms with E-state index in [1.165, 1.54) is 24.3 Å². The van der Waals surface area contributed by atoms with Crippen LogP contribution in [-0.4, -0.2) is 21.6 Å². The molecule has 9 nitrogen and oxygen atoms in total. The monoisotopic (exact) mass is 576 g/mol. The molecule has 202 valence electrons. The number of benzene rings is 3. The molecule has 0 aliphatic rings. The summed E-state index contributed by atoms with van der Waals surface area (Å²) in [5.41, 5.74) is 7.22. The molecule has 3 aromatic carbocycles. The fourth-order valence-corrected chi connectivity index (χ4v) is 4.74. The number of aromatic nitrogens is 1. The van der Waals surface area contributed by atoms with E-state index in [0.717, 1.165) is 28.2 Å². The Morgan fingerprint density at radius 2 is 1.85 bits per heavy atom. The highest BCUT2D eigenvalue weighted by Crippen LogP contribution is 2.26. The summed E-state index contributed by atoms with van der Waals surface area (Å²) < 4.78 is 13.4. The first kappa shape index (κ1) is 27.0. The third-order valence-corrected chi connectivity index (χ3v) is 6.87. The lowest BCUT2D eigenvalue weighted by molar-refractivity contribution is -0.384. The Labute approximate surface area is 238 Å². The molecule has 40 heavy (non-hydrogen) atoms. The minimum Gasteiger partial charge on any atom is -0.489 e. The first-order chi connectivity index (χ1) is 19.2. The van der Waals surface area contributed by atoms with Gasteiger partial charge in [0.15, 0.2) is 5.76 Å². The van der Waals surface area contributed by atoms with Crippen LogP contribution in [0.15, 0.2) is 82.3 Å². The number of nitrogens with one attached hydrogen (secondary N) is 1. The SMILES string of the molecule is Cc1cc(/C=N\NC(=O)c2cc3cc([N+](=O)[O-])ccc3o2)c(C)n1-c1ccc(OCc2ccc(Cl)cc2Cl)cc1. The van der Waals surface area contributed by atoms with Crippen molar-refractivity contribution < 1.29 is 18.9 Å². The lowest BCUT2D eigenvalue weighted by atomic mass is 10.2. The fourth-order valence-electron chi connectivity index (χ4n) is 4.28. The summed E-state index contributed by atoms with van der Waals surface area (Å²) in [7, 11) is 0. The first-order valence-corrected chi connectivity index (χ1v) is 12.8. The number of hydrazone groups is 1. The van der Waals surface area contributed by atoms with Crippen molar-refractivity contribution in [3.63, 3.8) is 0 Å². The highest BCUT2D eigenvalue weighted by atomic mass is 35.5. The van der Waals surface area contributed by atoms with Gasteiger partial charge in [-0.05, 0) is 68.4 Å². The Kier molecular flexibility index (Phi) is 7.59. The molecule has 2 aromatic heterocycles. The van der Waals surface area contributed by atoms with Crippen molar-refractivity contribution in [2.45, 2.75) is 20.5 Å². The number of furan rings is 1. The number of carbonyl (C=O) groups excluding carboxylic acids is 1. The van der Waals surface area contributed by atoms with Crippen LogP contribution in [0.3, 0.4) is 0 Å². The number of halogens is 2. The number of fused-ring (bicyclic) bond motifs is 1. The molecule has 0 atom stereocenters. The molecule has 0 saturated carbocycles. The smallest absolute Gasteiger partial charge is 0.307 e. The second-order valence-corrected chi connectivity index (χ2v) is 9.81. The minimum atomic E-state index is -0.570. The normalized spacial score (nSPS) is 11.3. The van der Waals surface area contributed by atoms with Crippen molar-refractivity contribution in [3.8, 4) is 11.4 Å². The molecule has 0 aliphatic heterocycles. The van der Waals surface area contributed by atoms with Crippen LogP contribution in [0.2, 0.25) is 10.0 Å². The van der Waals surface area contributed by atoms with Gasteiger partial charge in [-0.3, -0.25) is 14.9 Å². The number of carbonyl (C=O) groups is 1. The Bertz CT molecular complexity index is 1770. The minimum absolute atomic E-state index is 0.00115. The molecule has 5 aromatic rings. The summed E-state index contributed by atoms with van der Waals surface area (Å²) in [6.07, 6.45) is 1.55. The van der Waals surface area contributed by atoms with Gasteiger partial charge in [0.2, 0.25) is 0 Å².